The molecule has 1 aromatic carbocycles. The fraction of sp³-hybridized carbons (Fsp3) is 0.154. The van der Waals surface area contributed by atoms with Gasteiger partial charge in [0, 0.05) is 12.1 Å². The molecule has 2 aromatic rings. The molecule has 0 aliphatic heterocycles. The summed E-state index contributed by atoms with van der Waals surface area (Å²) < 4.78 is 15.9. The van der Waals surface area contributed by atoms with Crippen LogP contribution >= 0.6 is 0 Å². The van der Waals surface area contributed by atoms with Gasteiger partial charge in [-0.2, -0.15) is 0 Å². The lowest BCUT2D eigenvalue weighted by molar-refractivity contribution is 0.365. The van der Waals surface area contributed by atoms with Crippen LogP contribution < -0.4 is 14.2 Å². The van der Waals surface area contributed by atoms with Crippen LogP contribution in [0.4, 0.5) is 0 Å². The number of pyridine rings is 1. The van der Waals surface area contributed by atoms with E-state index >= 15 is 0 Å². The van der Waals surface area contributed by atoms with Crippen molar-refractivity contribution in [3.8, 4) is 23.1 Å². The smallest absolute Gasteiger partial charge is 0.220 e. The lowest BCUT2D eigenvalue weighted by atomic mass is 10.3. The molecule has 1 heterocycles. The number of hydrogen-bond donors (Lipinski definition) is 0. The first-order valence-electron chi connectivity index (χ1n) is 5.06. The molecule has 87 valence electrons. The van der Waals surface area contributed by atoms with Gasteiger partial charge < -0.3 is 14.2 Å². The molecule has 0 aliphatic carbocycles. The van der Waals surface area contributed by atoms with Gasteiger partial charge in [-0.3, -0.25) is 0 Å². The van der Waals surface area contributed by atoms with Crippen molar-refractivity contribution in [1.29, 1.82) is 0 Å². The van der Waals surface area contributed by atoms with Crippen molar-refractivity contribution in [1.82, 2.24) is 4.98 Å². The third kappa shape index (κ3) is 2.66. The largest absolute Gasteiger partial charge is 0.497 e. The van der Waals surface area contributed by atoms with Crippen molar-refractivity contribution in [3.63, 3.8) is 0 Å². The minimum atomic E-state index is 0.468. The summed E-state index contributed by atoms with van der Waals surface area (Å²) in [7, 11) is 3.18. The first-order chi connectivity index (χ1) is 8.33. The molecule has 0 saturated heterocycles. The molecular weight excluding hydrogens is 218 g/mol. The molecule has 1 radical (unpaired) electrons. The van der Waals surface area contributed by atoms with E-state index in [2.05, 4.69) is 11.2 Å². The van der Waals surface area contributed by atoms with Gasteiger partial charge >= 0.3 is 0 Å². The zero-order valence-electron chi connectivity index (χ0n) is 9.64. The van der Waals surface area contributed by atoms with E-state index in [4.69, 9.17) is 14.2 Å². The molecule has 2 rings (SSSR count). The zero-order valence-corrected chi connectivity index (χ0v) is 9.64. The Kier molecular flexibility index (Phi) is 3.45. The Morgan fingerprint density at radius 2 is 1.94 bits per heavy atom. The van der Waals surface area contributed by atoms with Crippen LogP contribution in [-0.2, 0) is 0 Å². The predicted octanol–water partition coefficient (Wildman–Crippen LogP) is 2.69. The van der Waals surface area contributed by atoms with Crippen molar-refractivity contribution in [3.05, 3.63) is 42.6 Å². The fourth-order valence-corrected chi connectivity index (χ4v) is 1.34. The monoisotopic (exact) mass is 230 g/mol. The van der Waals surface area contributed by atoms with Crippen molar-refractivity contribution in [2.75, 3.05) is 14.2 Å². The van der Waals surface area contributed by atoms with Crippen molar-refractivity contribution >= 4 is 0 Å². The minimum absolute atomic E-state index is 0.468. The van der Waals surface area contributed by atoms with Crippen LogP contribution in [0.5, 0.6) is 23.1 Å². The highest BCUT2D eigenvalue weighted by molar-refractivity contribution is 5.46. The first-order valence-corrected chi connectivity index (χ1v) is 5.06. The van der Waals surface area contributed by atoms with E-state index in [1.165, 1.54) is 0 Å². The van der Waals surface area contributed by atoms with Gasteiger partial charge in [-0.15, -0.1) is 0 Å². The molecule has 0 unspecified atom stereocenters. The van der Waals surface area contributed by atoms with E-state index in [1.807, 2.05) is 0 Å². The second kappa shape index (κ2) is 5.21. The van der Waals surface area contributed by atoms with Crippen LogP contribution in [-0.4, -0.2) is 19.2 Å². The maximum Gasteiger partial charge on any atom is 0.220 e. The van der Waals surface area contributed by atoms with Crippen LogP contribution in [0.2, 0.25) is 0 Å². The number of hydrogen-bond acceptors (Lipinski definition) is 4. The molecule has 0 bridgehead atoms. The Bertz CT molecular complexity index is 485. The number of rotatable bonds is 4. The van der Waals surface area contributed by atoms with Gasteiger partial charge in [0.1, 0.15) is 5.75 Å². The third-order valence-electron chi connectivity index (χ3n) is 2.17. The summed E-state index contributed by atoms with van der Waals surface area (Å²) in [5.41, 5.74) is 0. The van der Waals surface area contributed by atoms with Gasteiger partial charge in [-0.05, 0) is 18.2 Å². The van der Waals surface area contributed by atoms with E-state index in [-0.39, 0.29) is 0 Å². The molecule has 4 nitrogen and oxygen atoms in total. The molecule has 0 N–H and O–H groups in total. The highest BCUT2D eigenvalue weighted by Crippen LogP contribution is 2.33. The van der Waals surface area contributed by atoms with Gasteiger partial charge in [0.2, 0.25) is 5.88 Å². The molecule has 0 saturated carbocycles. The number of aromatic nitrogens is 1. The minimum Gasteiger partial charge on any atom is -0.497 e. The van der Waals surface area contributed by atoms with Gasteiger partial charge in [-0.1, -0.05) is 6.07 Å². The third-order valence-corrected chi connectivity index (χ3v) is 2.17. The second-order valence-corrected chi connectivity index (χ2v) is 3.22. The Labute approximate surface area is 99.8 Å². The molecule has 0 amide bonds. The van der Waals surface area contributed by atoms with E-state index in [9.17, 15) is 0 Å². The Morgan fingerprint density at radius 3 is 2.59 bits per heavy atom. The molecule has 0 aliphatic rings. The molecule has 0 fully saturated rings. The van der Waals surface area contributed by atoms with Crippen LogP contribution in [0.3, 0.4) is 0 Å². The Morgan fingerprint density at radius 1 is 1.06 bits per heavy atom. The number of nitrogens with zero attached hydrogens (tertiary/aromatic N) is 1. The fourth-order valence-electron chi connectivity index (χ4n) is 1.34. The van der Waals surface area contributed by atoms with E-state index in [1.54, 1.807) is 50.6 Å². The molecule has 1 aromatic heterocycles. The summed E-state index contributed by atoms with van der Waals surface area (Å²) in [5, 5.41) is 0. The van der Waals surface area contributed by atoms with E-state index in [0.717, 1.165) is 0 Å². The number of methoxy groups -OCH3 is 2. The summed E-state index contributed by atoms with van der Waals surface area (Å²) in [6, 6.07) is 10.6. The summed E-state index contributed by atoms with van der Waals surface area (Å²) in [4.78, 5) is 3.96. The molecule has 17 heavy (non-hydrogen) atoms. The lowest BCUT2D eigenvalue weighted by Gasteiger charge is -2.10. The topological polar surface area (TPSA) is 40.6 Å². The van der Waals surface area contributed by atoms with Crippen molar-refractivity contribution < 1.29 is 14.2 Å². The van der Waals surface area contributed by atoms with Crippen molar-refractivity contribution in [2.24, 2.45) is 0 Å². The Hall–Kier alpha value is -2.23. The summed E-state index contributed by atoms with van der Waals surface area (Å²) >= 11 is 0. The number of benzene rings is 1. The highest BCUT2D eigenvalue weighted by atomic mass is 16.5. The zero-order chi connectivity index (χ0) is 12.1. The quantitative estimate of drug-likeness (QED) is 0.809. The second-order valence-electron chi connectivity index (χ2n) is 3.22. The van der Waals surface area contributed by atoms with E-state index < -0.39 is 0 Å². The average molecular weight is 230 g/mol. The Balaban J connectivity index is 2.26. The first kappa shape index (κ1) is 11.3. The highest BCUT2D eigenvalue weighted by Gasteiger charge is 2.07. The normalized spacial score (nSPS) is 9.76. The standard InChI is InChI=1S/C13H12NO3/c1-15-10-6-7-11(12(9-10)16-2)17-13-5-3-4-8-14-13/h3-7,9H,1-2H3. The summed E-state index contributed by atoms with van der Waals surface area (Å²) in [6.45, 7) is 0. The molecular formula is C13H12NO3. The van der Waals surface area contributed by atoms with Gasteiger partial charge in [0.25, 0.3) is 0 Å². The lowest BCUT2D eigenvalue weighted by Crippen LogP contribution is -1.93. The van der Waals surface area contributed by atoms with Gasteiger partial charge in [0.05, 0.1) is 20.4 Å². The molecule has 4 heteroatoms. The maximum atomic E-state index is 5.58. The predicted molar refractivity (Wildman–Crippen MR) is 62.7 cm³/mol. The number of ether oxygens (including phenoxy) is 3. The summed E-state index contributed by atoms with van der Waals surface area (Å²) in [6.07, 6.45) is 2.70. The van der Waals surface area contributed by atoms with Gasteiger partial charge in [0.15, 0.2) is 11.5 Å². The van der Waals surface area contributed by atoms with Crippen LogP contribution in [0.15, 0.2) is 36.4 Å². The maximum absolute atomic E-state index is 5.58. The van der Waals surface area contributed by atoms with Crippen LogP contribution in [0.25, 0.3) is 0 Å². The van der Waals surface area contributed by atoms with Gasteiger partial charge in [-0.25, -0.2) is 4.98 Å². The van der Waals surface area contributed by atoms with Crippen molar-refractivity contribution in [2.45, 2.75) is 0 Å². The molecule has 0 spiro atoms. The average Bonchev–Trinajstić information content (AvgIpc) is 2.40. The van der Waals surface area contributed by atoms with E-state index in [0.29, 0.717) is 23.1 Å². The molecule has 0 atom stereocenters. The SMILES string of the molecule is COc1ccc(Oc2ccc[c]n2)c(OC)c1. The summed E-state index contributed by atoms with van der Waals surface area (Å²) in [5.74, 6) is 2.35. The van der Waals surface area contributed by atoms with Crippen LogP contribution in [0.1, 0.15) is 0 Å². The van der Waals surface area contributed by atoms with Crippen LogP contribution in [0, 0.1) is 6.20 Å².